The summed E-state index contributed by atoms with van der Waals surface area (Å²) in [6.07, 6.45) is 1.11. The number of hydrogen-bond acceptors (Lipinski definition) is 6. The van der Waals surface area contributed by atoms with Crippen molar-refractivity contribution in [3.63, 3.8) is 0 Å². The van der Waals surface area contributed by atoms with Crippen LogP contribution in [-0.4, -0.2) is 30.1 Å². The Morgan fingerprint density at radius 3 is 2.08 bits per heavy atom. The molecule has 0 bridgehead atoms. The molecule has 7 nitrogen and oxygen atoms in total. The first-order valence-corrected chi connectivity index (χ1v) is 8.19. The Morgan fingerprint density at radius 2 is 1.54 bits per heavy atom. The highest BCUT2D eigenvalue weighted by molar-refractivity contribution is 5.93. The number of ether oxygens (including phenoxy) is 2. The maximum absolute atomic E-state index is 12.0. The standard InChI is InChI=1S/C19H19NO6/c1-2-11-25-18(21)15-6-8-16(9-7-15)19(22)26-12-10-14-4-3-5-17(13-14)20(23)24/h3-9,13H,2,10-12H2,1H3. The lowest BCUT2D eigenvalue weighted by Gasteiger charge is -2.06. The van der Waals surface area contributed by atoms with Gasteiger partial charge in [0.25, 0.3) is 5.69 Å². The Morgan fingerprint density at radius 1 is 0.962 bits per heavy atom. The van der Waals surface area contributed by atoms with Gasteiger partial charge in [-0.05, 0) is 36.2 Å². The SMILES string of the molecule is CCCOC(=O)c1ccc(C(=O)OCCc2cccc([N+](=O)[O-])c2)cc1. The second-order valence-corrected chi connectivity index (χ2v) is 5.53. The van der Waals surface area contributed by atoms with E-state index in [-0.39, 0.29) is 12.3 Å². The molecule has 2 rings (SSSR count). The second kappa shape index (κ2) is 9.31. The molecule has 0 saturated carbocycles. The molecule has 0 radical (unpaired) electrons. The minimum Gasteiger partial charge on any atom is -0.462 e. The van der Waals surface area contributed by atoms with Crippen molar-refractivity contribution >= 4 is 17.6 Å². The highest BCUT2D eigenvalue weighted by Gasteiger charge is 2.11. The molecule has 2 aromatic rings. The van der Waals surface area contributed by atoms with Crippen LogP contribution < -0.4 is 0 Å². The van der Waals surface area contributed by atoms with Crippen LogP contribution in [0.2, 0.25) is 0 Å². The van der Waals surface area contributed by atoms with Crippen molar-refractivity contribution in [3.8, 4) is 0 Å². The average molecular weight is 357 g/mol. The minimum absolute atomic E-state index is 0.000579. The summed E-state index contributed by atoms with van der Waals surface area (Å²) in [4.78, 5) is 34.0. The Balaban J connectivity index is 1.87. The molecule has 0 amide bonds. The highest BCUT2D eigenvalue weighted by Crippen LogP contribution is 2.14. The first-order valence-electron chi connectivity index (χ1n) is 8.19. The van der Waals surface area contributed by atoms with Crippen LogP contribution in [0.25, 0.3) is 0 Å². The van der Waals surface area contributed by atoms with Crippen LogP contribution in [0.15, 0.2) is 48.5 Å². The van der Waals surface area contributed by atoms with Crippen LogP contribution in [0.1, 0.15) is 39.6 Å². The van der Waals surface area contributed by atoms with Crippen molar-refractivity contribution in [2.75, 3.05) is 13.2 Å². The molecule has 0 spiro atoms. The van der Waals surface area contributed by atoms with Crippen molar-refractivity contribution in [2.24, 2.45) is 0 Å². The number of nitro benzene ring substituents is 1. The number of non-ortho nitro benzene ring substituents is 1. The summed E-state index contributed by atoms with van der Waals surface area (Å²) in [6, 6.07) is 12.2. The van der Waals surface area contributed by atoms with Crippen molar-refractivity contribution in [1.82, 2.24) is 0 Å². The maximum Gasteiger partial charge on any atom is 0.338 e. The first kappa shape index (κ1) is 19.1. The van der Waals surface area contributed by atoms with Gasteiger partial charge in [0.2, 0.25) is 0 Å². The Kier molecular flexibility index (Phi) is 6.84. The lowest BCUT2D eigenvalue weighted by Crippen LogP contribution is -2.10. The second-order valence-electron chi connectivity index (χ2n) is 5.53. The van der Waals surface area contributed by atoms with E-state index in [2.05, 4.69) is 0 Å². The van der Waals surface area contributed by atoms with Gasteiger partial charge in [-0.2, -0.15) is 0 Å². The number of nitro groups is 1. The Bertz CT molecular complexity index is 785. The zero-order valence-corrected chi connectivity index (χ0v) is 14.3. The molecule has 0 saturated heterocycles. The smallest absolute Gasteiger partial charge is 0.338 e. The van der Waals surface area contributed by atoms with E-state index in [9.17, 15) is 19.7 Å². The van der Waals surface area contributed by atoms with E-state index < -0.39 is 16.9 Å². The predicted molar refractivity (Wildman–Crippen MR) is 94.1 cm³/mol. The van der Waals surface area contributed by atoms with Gasteiger partial charge in [0.15, 0.2) is 0 Å². The normalized spacial score (nSPS) is 10.2. The topological polar surface area (TPSA) is 95.7 Å². The number of esters is 2. The van der Waals surface area contributed by atoms with E-state index in [0.29, 0.717) is 29.7 Å². The van der Waals surface area contributed by atoms with E-state index in [0.717, 1.165) is 6.42 Å². The lowest BCUT2D eigenvalue weighted by molar-refractivity contribution is -0.384. The summed E-state index contributed by atoms with van der Waals surface area (Å²) >= 11 is 0. The molecule has 0 aliphatic rings. The van der Waals surface area contributed by atoms with Crippen molar-refractivity contribution in [3.05, 3.63) is 75.3 Å². The third-order valence-electron chi connectivity index (χ3n) is 3.54. The fourth-order valence-corrected chi connectivity index (χ4v) is 2.19. The quantitative estimate of drug-likeness (QED) is 0.407. The zero-order chi connectivity index (χ0) is 18.9. The van der Waals surface area contributed by atoms with Gasteiger partial charge in [-0.1, -0.05) is 19.1 Å². The summed E-state index contributed by atoms with van der Waals surface area (Å²) in [5, 5.41) is 10.7. The number of benzene rings is 2. The lowest BCUT2D eigenvalue weighted by atomic mass is 10.1. The van der Waals surface area contributed by atoms with Gasteiger partial charge in [-0.3, -0.25) is 10.1 Å². The van der Waals surface area contributed by atoms with Crippen LogP contribution in [0, 0.1) is 10.1 Å². The average Bonchev–Trinajstić information content (AvgIpc) is 2.66. The number of nitrogens with zero attached hydrogens (tertiary/aromatic N) is 1. The van der Waals surface area contributed by atoms with Gasteiger partial charge >= 0.3 is 11.9 Å². The zero-order valence-electron chi connectivity index (χ0n) is 14.3. The monoisotopic (exact) mass is 357 g/mol. The summed E-state index contributed by atoms with van der Waals surface area (Å²) in [6.45, 7) is 2.35. The molecular formula is C19H19NO6. The molecule has 0 unspecified atom stereocenters. The first-order chi connectivity index (χ1) is 12.5. The van der Waals surface area contributed by atoms with Crippen LogP contribution in [-0.2, 0) is 15.9 Å². The summed E-state index contributed by atoms with van der Waals surface area (Å²) in [7, 11) is 0. The Labute approximate surface area is 150 Å². The van der Waals surface area contributed by atoms with Gasteiger partial charge in [-0.15, -0.1) is 0 Å². The fourth-order valence-electron chi connectivity index (χ4n) is 2.19. The molecule has 0 aromatic heterocycles. The molecule has 2 aromatic carbocycles. The van der Waals surface area contributed by atoms with Gasteiger partial charge in [0.05, 0.1) is 29.3 Å². The summed E-state index contributed by atoms with van der Waals surface area (Å²) < 4.78 is 10.2. The van der Waals surface area contributed by atoms with Crippen molar-refractivity contribution in [2.45, 2.75) is 19.8 Å². The third kappa shape index (κ3) is 5.41. The van der Waals surface area contributed by atoms with E-state index in [1.54, 1.807) is 12.1 Å². The van der Waals surface area contributed by atoms with Gasteiger partial charge in [-0.25, -0.2) is 9.59 Å². The maximum atomic E-state index is 12.0. The van der Waals surface area contributed by atoms with E-state index in [4.69, 9.17) is 9.47 Å². The van der Waals surface area contributed by atoms with Crippen LogP contribution >= 0.6 is 0 Å². The number of carbonyl (C=O) groups is 2. The number of carbonyl (C=O) groups excluding carboxylic acids is 2. The van der Waals surface area contributed by atoms with Crippen LogP contribution in [0.5, 0.6) is 0 Å². The molecule has 136 valence electrons. The van der Waals surface area contributed by atoms with Crippen LogP contribution in [0.3, 0.4) is 0 Å². The third-order valence-corrected chi connectivity index (χ3v) is 3.54. The molecule has 0 N–H and O–H groups in total. The molecule has 0 heterocycles. The van der Waals surface area contributed by atoms with Gasteiger partial charge in [0, 0.05) is 18.6 Å². The Hall–Kier alpha value is -3.22. The predicted octanol–water partition coefficient (Wildman–Crippen LogP) is 3.56. The van der Waals surface area contributed by atoms with Gasteiger partial charge < -0.3 is 9.47 Å². The summed E-state index contributed by atoms with van der Waals surface area (Å²) in [5.41, 5.74) is 1.39. The van der Waals surface area contributed by atoms with Gasteiger partial charge in [0.1, 0.15) is 0 Å². The molecule has 0 fully saturated rings. The molecule has 0 aliphatic carbocycles. The number of rotatable bonds is 8. The van der Waals surface area contributed by atoms with Crippen molar-refractivity contribution in [1.29, 1.82) is 0 Å². The molecular weight excluding hydrogens is 338 g/mol. The summed E-state index contributed by atoms with van der Waals surface area (Å²) in [5.74, 6) is -0.957. The molecule has 26 heavy (non-hydrogen) atoms. The van der Waals surface area contributed by atoms with Crippen LogP contribution in [0.4, 0.5) is 5.69 Å². The van der Waals surface area contributed by atoms with E-state index >= 15 is 0 Å². The van der Waals surface area contributed by atoms with E-state index in [1.165, 1.54) is 36.4 Å². The number of hydrogen-bond donors (Lipinski definition) is 0. The minimum atomic E-state index is -0.524. The van der Waals surface area contributed by atoms with E-state index in [1.807, 2.05) is 6.92 Å². The molecule has 7 heteroatoms. The largest absolute Gasteiger partial charge is 0.462 e. The van der Waals surface area contributed by atoms with Crippen molar-refractivity contribution < 1.29 is 24.0 Å². The highest BCUT2D eigenvalue weighted by atomic mass is 16.6. The fraction of sp³-hybridized carbons (Fsp3) is 0.263. The molecule has 0 atom stereocenters. The molecule has 0 aliphatic heterocycles.